The van der Waals surface area contributed by atoms with Crippen molar-refractivity contribution in [1.29, 1.82) is 0 Å². The van der Waals surface area contributed by atoms with Crippen molar-refractivity contribution in [2.75, 3.05) is 31.1 Å². The normalized spacial score (nSPS) is 21.9. The summed E-state index contributed by atoms with van der Waals surface area (Å²) in [6.45, 7) is 9.25. The lowest BCUT2D eigenvalue weighted by atomic mass is 9.83. The number of β-amino-alcohol motifs (C(OH)–C–C–N with tert-alkyl or cyclic N) is 1. The molecule has 1 N–H and O–H groups in total. The molecule has 13 heavy (non-hydrogen) atoms. The molecule has 0 unspecified atom stereocenters. The molecule has 1 fully saturated rings. The van der Waals surface area contributed by atoms with Crippen LogP contribution in [0.5, 0.6) is 0 Å². The van der Waals surface area contributed by atoms with Crippen molar-refractivity contribution in [3.8, 4) is 0 Å². The Balaban J connectivity index is 2.10. The van der Waals surface area contributed by atoms with Gasteiger partial charge >= 0.3 is 0 Å². The van der Waals surface area contributed by atoms with Crippen LogP contribution >= 0.6 is 11.8 Å². The van der Waals surface area contributed by atoms with Gasteiger partial charge in [-0.15, -0.1) is 0 Å². The van der Waals surface area contributed by atoms with Gasteiger partial charge in [-0.25, -0.2) is 0 Å². The Morgan fingerprint density at radius 1 is 1.46 bits per heavy atom. The van der Waals surface area contributed by atoms with Gasteiger partial charge in [0, 0.05) is 25.4 Å². The molecule has 0 saturated carbocycles. The zero-order chi connectivity index (χ0) is 9.90. The lowest BCUT2D eigenvalue weighted by molar-refractivity contribution is -0.125. The smallest absolute Gasteiger partial charge is 0.0922 e. The van der Waals surface area contributed by atoms with Crippen LogP contribution in [0.15, 0.2) is 0 Å². The quantitative estimate of drug-likeness (QED) is 0.684. The predicted molar refractivity (Wildman–Crippen MR) is 59.2 cm³/mol. The van der Waals surface area contributed by atoms with Crippen molar-refractivity contribution < 1.29 is 5.11 Å². The van der Waals surface area contributed by atoms with Crippen LogP contribution < -0.4 is 0 Å². The van der Waals surface area contributed by atoms with Crippen LogP contribution in [0.4, 0.5) is 0 Å². The van der Waals surface area contributed by atoms with Crippen LogP contribution in [0, 0.1) is 5.92 Å². The average Bonchev–Trinajstić information content (AvgIpc) is 2.01. The van der Waals surface area contributed by atoms with E-state index < -0.39 is 5.60 Å². The average molecular weight is 203 g/mol. The molecule has 1 rings (SSSR count). The van der Waals surface area contributed by atoms with E-state index in [-0.39, 0.29) is 0 Å². The van der Waals surface area contributed by atoms with Gasteiger partial charge in [-0.3, -0.25) is 4.90 Å². The van der Waals surface area contributed by atoms with E-state index in [0.29, 0.717) is 5.92 Å². The summed E-state index contributed by atoms with van der Waals surface area (Å²) in [5.74, 6) is 2.79. The van der Waals surface area contributed by atoms with Crippen molar-refractivity contribution >= 4 is 11.8 Å². The summed E-state index contributed by atoms with van der Waals surface area (Å²) in [6.07, 6.45) is 0. The van der Waals surface area contributed by atoms with Crippen molar-refractivity contribution in [2.45, 2.75) is 26.4 Å². The summed E-state index contributed by atoms with van der Waals surface area (Å²) in [7, 11) is 0. The predicted octanol–water partition coefficient (Wildman–Crippen LogP) is 1.44. The maximum Gasteiger partial charge on any atom is 0.0922 e. The first-order valence-corrected chi connectivity index (χ1v) is 6.26. The highest BCUT2D eigenvalue weighted by molar-refractivity contribution is 7.99. The Hall–Kier alpha value is 0.270. The highest BCUT2D eigenvalue weighted by Crippen LogP contribution is 2.28. The Morgan fingerprint density at radius 2 is 2.08 bits per heavy atom. The van der Waals surface area contributed by atoms with Gasteiger partial charge in [0.1, 0.15) is 0 Å². The van der Waals surface area contributed by atoms with E-state index >= 15 is 0 Å². The molecule has 2 nitrogen and oxygen atoms in total. The summed E-state index contributed by atoms with van der Waals surface area (Å²) in [5.41, 5.74) is -0.392. The van der Waals surface area contributed by atoms with Gasteiger partial charge in [-0.05, 0) is 11.7 Å². The van der Waals surface area contributed by atoms with Crippen molar-refractivity contribution in [1.82, 2.24) is 4.90 Å². The molecule has 78 valence electrons. The second-order valence-electron chi connectivity index (χ2n) is 4.17. The molecule has 1 saturated heterocycles. The van der Waals surface area contributed by atoms with Crippen LogP contribution in [0.3, 0.4) is 0 Å². The topological polar surface area (TPSA) is 23.5 Å². The zero-order valence-corrected chi connectivity index (χ0v) is 9.73. The molecular weight excluding hydrogens is 182 g/mol. The number of thioether (sulfide) groups is 1. The first kappa shape index (κ1) is 11.3. The fourth-order valence-electron chi connectivity index (χ4n) is 1.59. The zero-order valence-electron chi connectivity index (χ0n) is 8.92. The summed E-state index contributed by atoms with van der Waals surface area (Å²) in [6, 6.07) is 0. The molecule has 0 atom stereocenters. The van der Waals surface area contributed by atoms with Gasteiger partial charge in [-0.2, -0.15) is 11.8 Å². The SMILES string of the molecule is CCSCCN1CC(O)(C(C)C)C1. The van der Waals surface area contributed by atoms with Gasteiger partial charge in [0.05, 0.1) is 5.60 Å². The first-order valence-electron chi connectivity index (χ1n) is 5.11. The van der Waals surface area contributed by atoms with Crippen molar-refractivity contribution in [3.63, 3.8) is 0 Å². The fourth-order valence-corrected chi connectivity index (χ4v) is 2.27. The fraction of sp³-hybridized carbons (Fsp3) is 1.00. The van der Waals surface area contributed by atoms with Crippen molar-refractivity contribution in [2.24, 2.45) is 5.92 Å². The molecule has 1 aliphatic heterocycles. The third-order valence-corrected chi connectivity index (χ3v) is 3.70. The number of rotatable bonds is 5. The third-order valence-electron chi connectivity index (χ3n) is 2.83. The van der Waals surface area contributed by atoms with Crippen LogP contribution in [0.2, 0.25) is 0 Å². The van der Waals surface area contributed by atoms with E-state index in [0.717, 1.165) is 19.6 Å². The van der Waals surface area contributed by atoms with E-state index in [2.05, 4.69) is 25.7 Å². The van der Waals surface area contributed by atoms with Crippen LogP contribution in [-0.2, 0) is 0 Å². The summed E-state index contributed by atoms with van der Waals surface area (Å²) >= 11 is 1.97. The lowest BCUT2D eigenvalue weighted by Crippen LogP contribution is -2.64. The van der Waals surface area contributed by atoms with Crippen LogP contribution in [-0.4, -0.2) is 46.7 Å². The standard InChI is InChI=1S/C10H21NOS/c1-4-13-6-5-11-7-10(12,8-11)9(2)3/h9,12H,4-8H2,1-3H3. The maximum absolute atomic E-state index is 9.97. The van der Waals surface area contributed by atoms with E-state index in [9.17, 15) is 5.11 Å². The van der Waals surface area contributed by atoms with E-state index in [4.69, 9.17) is 0 Å². The molecule has 3 heteroatoms. The first-order chi connectivity index (χ1) is 6.08. The molecule has 0 aromatic heterocycles. The number of nitrogens with zero attached hydrogens (tertiary/aromatic N) is 1. The van der Waals surface area contributed by atoms with E-state index in [1.165, 1.54) is 11.5 Å². The third kappa shape index (κ3) is 2.86. The number of hydrogen-bond acceptors (Lipinski definition) is 3. The summed E-state index contributed by atoms with van der Waals surface area (Å²) < 4.78 is 0. The Kier molecular flexibility index (Phi) is 4.07. The molecule has 0 aliphatic carbocycles. The summed E-state index contributed by atoms with van der Waals surface area (Å²) in [4.78, 5) is 2.34. The summed E-state index contributed by atoms with van der Waals surface area (Å²) in [5, 5.41) is 9.97. The monoisotopic (exact) mass is 203 g/mol. The number of aliphatic hydroxyl groups is 1. The van der Waals surface area contributed by atoms with Gasteiger partial charge in [0.2, 0.25) is 0 Å². The largest absolute Gasteiger partial charge is 0.387 e. The van der Waals surface area contributed by atoms with Crippen LogP contribution in [0.1, 0.15) is 20.8 Å². The second-order valence-corrected chi connectivity index (χ2v) is 5.56. The van der Waals surface area contributed by atoms with Gasteiger partial charge in [-0.1, -0.05) is 20.8 Å². The Labute approximate surface area is 85.7 Å². The molecule has 0 bridgehead atoms. The van der Waals surface area contributed by atoms with Gasteiger partial charge in [0.15, 0.2) is 0 Å². The number of hydrogen-bond donors (Lipinski definition) is 1. The minimum absolute atomic E-state index is 0.391. The Bertz CT molecular complexity index is 155. The maximum atomic E-state index is 9.97. The van der Waals surface area contributed by atoms with E-state index in [1.807, 2.05) is 11.8 Å². The minimum atomic E-state index is -0.392. The Morgan fingerprint density at radius 3 is 2.54 bits per heavy atom. The molecule has 0 radical (unpaired) electrons. The van der Waals surface area contributed by atoms with Crippen LogP contribution in [0.25, 0.3) is 0 Å². The molecule has 0 aromatic rings. The van der Waals surface area contributed by atoms with Gasteiger partial charge < -0.3 is 5.11 Å². The second kappa shape index (κ2) is 4.67. The van der Waals surface area contributed by atoms with E-state index in [1.54, 1.807) is 0 Å². The molecule has 1 heterocycles. The highest BCUT2D eigenvalue weighted by Gasteiger charge is 2.42. The molecule has 0 aromatic carbocycles. The number of likely N-dealkylation sites (tertiary alicyclic amines) is 1. The van der Waals surface area contributed by atoms with Crippen molar-refractivity contribution in [3.05, 3.63) is 0 Å². The molecule has 1 aliphatic rings. The minimum Gasteiger partial charge on any atom is -0.387 e. The molecular formula is C10H21NOS. The molecule has 0 amide bonds. The lowest BCUT2D eigenvalue weighted by Gasteiger charge is -2.49. The van der Waals surface area contributed by atoms with Gasteiger partial charge in [0.25, 0.3) is 0 Å². The molecule has 0 spiro atoms. The highest BCUT2D eigenvalue weighted by atomic mass is 32.2.